The summed E-state index contributed by atoms with van der Waals surface area (Å²) < 4.78 is 56.1. The number of hydrogen-bond acceptors (Lipinski definition) is 15. The van der Waals surface area contributed by atoms with Crippen molar-refractivity contribution in [2.24, 2.45) is 61.7 Å². The lowest BCUT2D eigenvalue weighted by atomic mass is 9.98. The highest BCUT2D eigenvalue weighted by atomic mass is 16.7. The molecule has 0 saturated heterocycles. The van der Waals surface area contributed by atoms with Gasteiger partial charge in [0.2, 0.25) is 0 Å². The minimum absolute atomic E-state index is 0. The van der Waals surface area contributed by atoms with Gasteiger partial charge in [-0.05, 0) is 117 Å². The summed E-state index contributed by atoms with van der Waals surface area (Å²) in [6, 6.07) is 9.98. The molecule has 0 spiro atoms. The van der Waals surface area contributed by atoms with E-state index < -0.39 is 5.79 Å². The Bertz CT molecular complexity index is 1470. The summed E-state index contributed by atoms with van der Waals surface area (Å²) >= 11 is 0. The van der Waals surface area contributed by atoms with Crippen LogP contribution in [-0.2, 0) is 47.4 Å². The van der Waals surface area contributed by atoms with Crippen LogP contribution in [-0.4, -0.2) is 119 Å². The van der Waals surface area contributed by atoms with E-state index in [9.17, 15) is 0 Å². The second-order valence-corrected chi connectivity index (χ2v) is 31.3. The SMILES string of the molecule is C.CC(C)(C)COC(C)(C)OCC(C)(C)N.CC(C)(C)COC(OCC(C)(C)N)c1ccccc1.CC(C)(C)COCOCC(C)(C)N.CC(C)C(OCC(C)(C)C)OCC(C)(C)N.CC(OCC(C)(C)C)OCC(C)(C)N. The molecule has 10 N–H and O–H groups in total. The summed E-state index contributed by atoms with van der Waals surface area (Å²) in [6.07, 6.45) is -0.706. The highest BCUT2D eigenvalue weighted by Crippen LogP contribution is 2.25. The molecule has 0 fully saturated rings. The highest BCUT2D eigenvalue weighted by molar-refractivity contribution is 5.16. The predicted molar refractivity (Wildman–Crippen MR) is 331 cm³/mol. The van der Waals surface area contributed by atoms with Crippen LogP contribution in [0.1, 0.15) is 227 Å². The van der Waals surface area contributed by atoms with E-state index in [0.717, 1.165) is 5.56 Å². The quantitative estimate of drug-likeness (QED) is 0.0408. The van der Waals surface area contributed by atoms with E-state index in [2.05, 4.69) is 118 Å². The third kappa shape index (κ3) is 72.6. The molecule has 15 heteroatoms. The Balaban J connectivity index is -0.000000286. The summed E-state index contributed by atoms with van der Waals surface area (Å²) in [5.41, 5.74) is 29.5. The van der Waals surface area contributed by atoms with Gasteiger partial charge in [-0.2, -0.15) is 0 Å². The molecule has 0 aliphatic rings. The van der Waals surface area contributed by atoms with Gasteiger partial charge in [-0.3, -0.25) is 0 Å². The van der Waals surface area contributed by atoms with Crippen LogP contribution in [0.3, 0.4) is 0 Å². The van der Waals surface area contributed by atoms with E-state index in [1.165, 1.54) is 0 Å². The molecule has 1 aromatic carbocycles. The zero-order chi connectivity index (χ0) is 61.8. The monoisotopic (exact) mass is 1120 g/mol. The van der Waals surface area contributed by atoms with E-state index >= 15 is 0 Å². The first kappa shape index (κ1) is 85.4. The Kier molecular flexibility index (Phi) is 41.3. The number of rotatable bonds is 27. The van der Waals surface area contributed by atoms with Crippen LogP contribution < -0.4 is 28.7 Å². The molecular formula is C63H135N5O10. The Labute approximate surface area is 483 Å². The van der Waals surface area contributed by atoms with Crippen molar-refractivity contribution >= 4 is 0 Å². The van der Waals surface area contributed by atoms with Gasteiger partial charge in [0.15, 0.2) is 24.7 Å². The molecule has 3 atom stereocenters. The second-order valence-electron chi connectivity index (χ2n) is 31.3. The maximum Gasteiger partial charge on any atom is 0.183 e. The van der Waals surface area contributed by atoms with Gasteiger partial charge in [-0.15, -0.1) is 0 Å². The Hall–Kier alpha value is -1.38. The molecule has 1 rings (SSSR count). The van der Waals surface area contributed by atoms with Crippen molar-refractivity contribution < 1.29 is 47.4 Å². The van der Waals surface area contributed by atoms with Gasteiger partial charge in [-0.1, -0.05) is 155 Å². The van der Waals surface area contributed by atoms with Gasteiger partial charge in [0.05, 0.1) is 66.1 Å². The van der Waals surface area contributed by atoms with Crippen molar-refractivity contribution in [1.82, 2.24) is 0 Å². The molecule has 0 amide bonds. The highest BCUT2D eigenvalue weighted by Gasteiger charge is 2.26. The molecule has 0 aromatic heterocycles. The smallest absolute Gasteiger partial charge is 0.183 e. The molecule has 78 heavy (non-hydrogen) atoms. The normalized spacial score (nSPS) is 14.5. The largest absolute Gasteiger partial charge is 0.355 e. The first-order chi connectivity index (χ1) is 33.9. The molecule has 15 nitrogen and oxygen atoms in total. The first-order valence-corrected chi connectivity index (χ1v) is 28.0. The van der Waals surface area contributed by atoms with Crippen LogP contribution in [0.4, 0.5) is 0 Å². The van der Waals surface area contributed by atoms with Gasteiger partial charge >= 0.3 is 0 Å². The Morgan fingerprint density at radius 3 is 1.01 bits per heavy atom. The lowest BCUT2D eigenvalue weighted by Gasteiger charge is -2.32. The molecular weight excluding hydrogens is 987 g/mol. The minimum Gasteiger partial charge on any atom is -0.355 e. The standard InChI is InChI=1S/C16H27NO2.C13H29NO2.C12H27NO2.C11H25NO2.C10H23NO2.CH4/c1-15(2,3)11-18-14(19-12-16(4,5)17)13-9-7-6-8-10-13;1-10(2)11(15-8-12(3,4)5)16-9-13(6,7)14;1-10(2,3)8-14-12(6,7)15-9-11(4,5)13;1-9(13-7-10(2,3)4)14-8-11(5,6)12;1-9(2,3)6-12-8-13-7-10(4,5)11;/h6-10,14H,11-12,17H2,1-5H3;10-11H,8-9,14H2,1-7H3;8-9,13H2,1-7H3;9H,7-8,12H2,1-6H3;6-8,11H2,1-5H3;1H4. The van der Waals surface area contributed by atoms with Crippen molar-refractivity contribution in [2.45, 2.75) is 267 Å². The fraction of sp³-hybridized carbons (Fsp3) is 0.905. The van der Waals surface area contributed by atoms with Gasteiger partial charge < -0.3 is 76.0 Å². The summed E-state index contributed by atoms with van der Waals surface area (Å²) in [7, 11) is 0. The van der Waals surface area contributed by atoms with Crippen LogP contribution in [0.2, 0.25) is 0 Å². The summed E-state index contributed by atoms with van der Waals surface area (Å²) in [5, 5.41) is 0. The van der Waals surface area contributed by atoms with Crippen molar-refractivity contribution in [3.63, 3.8) is 0 Å². The number of benzene rings is 1. The third-order valence-corrected chi connectivity index (χ3v) is 8.45. The topological polar surface area (TPSA) is 222 Å². The van der Waals surface area contributed by atoms with Crippen LogP contribution >= 0.6 is 0 Å². The van der Waals surface area contributed by atoms with Crippen molar-refractivity contribution in [2.75, 3.05) is 72.9 Å². The van der Waals surface area contributed by atoms with Gasteiger partial charge in [0.25, 0.3) is 0 Å². The second kappa shape index (κ2) is 37.7. The molecule has 3 unspecified atom stereocenters. The first-order valence-electron chi connectivity index (χ1n) is 28.0. The molecule has 1 aromatic rings. The van der Waals surface area contributed by atoms with Crippen molar-refractivity contribution in [3.8, 4) is 0 Å². The van der Waals surface area contributed by atoms with Crippen LogP contribution in [0, 0.1) is 33.0 Å². The lowest BCUT2D eigenvalue weighted by Crippen LogP contribution is -2.42. The molecule has 472 valence electrons. The molecule has 0 saturated carbocycles. The van der Waals surface area contributed by atoms with Gasteiger partial charge in [-0.25, -0.2) is 0 Å². The van der Waals surface area contributed by atoms with Crippen LogP contribution in [0.15, 0.2) is 30.3 Å². The number of ether oxygens (including phenoxy) is 10. The Morgan fingerprint density at radius 2 is 0.641 bits per heavy atom. The fourth-order valence-electron chi connectivity index (χ4n) is 4.78. The lowest BCUT2D eigenvalue weighted by molar-refractivity contribution is -0.229. The maximum atomic E-state index is 5.96. The van der Waals surface area contributed by atoms with E-state index in [1.54, 1.807) is 0 Å². The third-order valence-electron chi connectivity index (χ3n) is 8.45. The average molecular weight is 1120 g/mol. The number of hydrogen-bond donors (Lipinski definition) is 5. The predicted octanol–water partition coefficient (Wildman–Crippen LogP) is 13.4. The summed E-state index contributed by atoms with van der Waals surface area (Å²) in [5.74, 6) is -0.228. The molecule has 0 radical (unpaired) electrons. The molecule has 0 bridgehead atoms. The minimum atomic E-state index is -0.566. The number of nitrogens with two attached hydrogens (primary N) is 5. The fourth-order valence-corrected chi connectivity index (χ4v) is 4.78. The summed E-state index contributed by atoms with van der Waals surface area (Å²) in [4.78, 5) is 0. The van der Waals surface area contributed by atoms with E-state index in [-0.39, 0.29) is 81.1 Å². The molecule has 0 heterocycles. The van der Waals surface area contributed by atoms with Crippen LogP contribution in [0.25, 0.3) is 0 Å². The van der Waals surface area contributed by atoms with E-state index in [4.69, 9.17) is 76.0 Å². The Morgan fingerprint density at radius 1 is 0.346 bits per heavy atom. The maximum absolute atomic E-state index is 5.96. The molecule has 0 aliphatic heterocycles. The van der Waals surface area contributed by atoms with E-state index in [0.29, 0.717) is 78.8 Å². The zero-order valence-corrected chi connectivity index (χ0v) is 55.9. The van der Waals surface area contributed by atoms with Crippen molar-refractivity contribution in [1.29, 1.82) is 0 Å². The summed E-state index contributed by atoms with van der Waals surface area (Å²) in [6.45, 7) is 67.6. The average Bonchev–Trinajstić information content (AvgIpc) is 3.18. The van der Waals surface area contributed by atoms with Crippen molar-refractivity contribution in [3.05, 3.63) is 35.9 Å². The van der Waals surface area contributed by atoms with Gasteiger partial charge in [0, 0.05) is 39.2 Å². The van der Waals surface area contributed by atoms with E-state index in [1.807, 2.05) is 120 Å². The molecule has 0 aliphatic carbocycles. The zero-order valence-electron chi connectivity index (χ0n) is 55.9. The van der Waals surface area contributed by atoms with Crippen LogP contribution in [0.5, 0.6) is 0 Å². The van der Waals surface area contributed by atoms with Gasteiger partial charge in [0.1, 0.15) is 6.79 Å².